The molecule has 4 rings (SSSR count). The number of benzene rings is 2. The molecule has 1 aliphatic rings. The highest BCUT2D eigenvalue weighted by molar-refractivity contribution is 6.05. The summed E-state index contributed by atoms with van der Waals surface area (Å²) in [7, 11) is 0. The SMILES string of the molecule is CC(=O)Oc1ccc(C(=O)Nc2cc3ccc(OCCCN4CCCCC4)c(C)c3oc2=O)cc1CC=C(C)C. The van der Waals surface area contributed by atoms with Crippen molar-refractivity contribution in [3.05, 3.63) is 75.2 Å². The third-order valence-electron chi connectivity index (χ3n) is 6.98. The fourth-order valence-electron chi connectivity index (χ4n) is 4.85. The van der Waals surface area contributed by atoms with Gasteiger partial charge in [-0.2, -0.15) is 0 Å². The molecular formula is C32H38N2O6. The summed E-state index contributed by atoms with van der Waals surface area (Å²) in [4.78, 5) is 39.9. The molecule has 8 heteroatoms. The number of fused-ring (bicyclic) bond motifs is 1. The number of aryl methyl sites for hydroxylation is 1. The first kappa shape index (κ1) is 29.1. The normalized spacial score (nSPS) is 13.6. The second-order valence-electron chi connectivity index (χ2n) is 10.5. The van der Waals surface area contributed by atoms with Gasteiger partial charge in [0.2, 0.25) is 0 Å². The van der Waals surface area contributed by atoms with Crippen LogP contribution in [0.3, 0.4) is 0 Å². The topological polar surface area (TPSA) is 98.1 Å². The fraction of sp³-hybridized carbons (Fsp3) is 0.406. The number of rotatable bonds is 10. The van der Waals surface area contributed by atoms with Crippen molar-refractivity contribution in [2.75, 3.05) is 31.6 Å². The lowest BCUT2D eigenvalue weighted by Gasteiger charge is -2.26. The Morgan fingerprint density at radius 2 is 1.77 bits per heavy atom. The minimum Gasteiger partial charge on any atom is -0.493 e. The summed E-state index contributed by atoms with van der Waals surface area (Å²) in [5, 5.41) is 3.36. The molecule has 0 bridgehead atoms. The second kappa shape index (κ2) is 13.4. The molecular weight excluding hydrogens is 508 g/mol. The van der Waals surface area contributed by atoms with Crippen LogP contribution in [-0.2, 0) is 11.2 Å². The molecule has 1 amide bonds. The summed E-state index contributed by atoms with van der Waals surface area (Å²) < 4.78 is 16.9. The van der Waals surface area contributed by atoms with E-state index in [-0.39, 0.29) is 5.69 Å². The molecule has 40 heavy (non-hydrogen) atoms. The van der Waals surface area contributed by atoms with Gasteiger partial charge >= 0.3 is 11.6 Å². The van der Waals surface area contributed by atoms with Crippen LogP contribution in [-0.4, -0.2) is 43.0 Å². The van der Waals surface area contributed by atoms with E-state index in [1.165, 1.54) is 26.2 Å². The first-order chi connectivity index (χ1) is 19.2. The molecule has 1 aliphatic heterocycles. The van der Waals surface area contributed by atoms with Gasteiger partial charge < -0.3 is 24.1 Å². The maximum atomic E-state index is 13.1. The molecule has 0 radical (unpaired) electrons. The molecule has 0 aliphatic carbocycles. The average Bonchev–Trinajstić information content (AvgIpc) is 2.92. The van der Waals surface area contributed by atoms with E-state index in [4.69, 9.17) is 13.9 Å². The maximum absolute atomic E-state index is 13.1. The van der Waals surface area contributed by atoms with Crippen molar-refractivity contribution in [2.45, 2.75) is 59.8 Å². The standard InChI is InChI=1S/C32H38N2O6/c1-21(2)9-10-24-19-26(12-14-29(24)39-23(4)35)31(36)33-27-20-25-11-13-28(22(3)30(25)40-32(27)37)38-18-8-17-34-15-6-5-7-16-34/h9,11-14,19-20H,5-8,10,15-18H2,1-4H3,(H,33,36). The summed E-state index contributed by atoms with van der Waals surface area (Å²) in [6.45, 7) is 11.1. The smallest absolute Gasteiger partial charge is 0.360 e. The first-order valence-corrected chi connectivity index (χ1v) is 13.9. The lowest BCUT2D eigenvalue weighted by atomic mass is 10.0. The van der Waals surface area contributed by atoms with Crippen LogP contribution in [0.2, 0.25) is 0 Å². The van der Waals surface area contributed by atoms with E-state index < -0.39 is 17.5 Å². The second-order valence-corrected chi connectivity index (χ2v) is 10.5. The van der Waals surface area contributed by atoms with Crippen molar-refractivity contribution in [3.63, 3.8) is 0 Å². The Kier molecular flexibility index (Phi) is 9.77. The Bertz CT molecular complexity index is 1460. The maximum Gasteiger partial charge on any atom is 0.360 e. The summed E-state index contributed by atoms with van der Waals surface area (Å²) in [6.07, 6.45) is 7.27. The van der Waals surface area contributed by atoms with Crippen LogP contribution in [0.5, 0.6) is 11.5 Å². The lowest BCUT2D eigenvalue weighted by Crippen LogP contribution is -2.31. The molecule has 1 fully saturated rings. The van der Waals surface area contributed by atoms with E-state index in [2.05, 4.69) is 10.2 Å². The predicted molar refractivity (Wildman–Crippen MR) is 156 cm³/mol. The molecule has 212 valence electrons. The van der Waals surface area contributed by atoms with Crippen LogP contribution in [0, 0.1) is 6.92 Å². The Balaban J connectivity index is 1.47. The highest BCUT2D eigenvalue weighted by atomic mass is 16.5. The molecule has 8 nitrogen and oxygen atoms in total. The third-order valence-corrected chi connectivity index (χ3v) is 6.98. The van der Waals surface area contributed by atoms with E-state index in [1.54, 1.807) is 24.3 Å². The number of nitrogens with one attached hydrogen (secondary N) is 1. The molecule has 1 saturated heterocycles. The highest BCUT2D eigenvalue weighted by Gasteiger charge is 2.16. The van der Waals surface area contributed by atoms with Crippen LogP contribution in [0.25, 0.3) is 11.0 Å². The van der Waals surface area contributed by atoms with Gasteiger partial charge in [0.25, 0.3) is 5.91 Å². The summed E-state index contributed by atoms with van der Waals surface area (Å²) in [5.74, 6) is 0.171. The van der Waals surface area contributed by atoms with Gasteiger partial charge in [-0.3, -0.25) is 9.59 Å². The van der Waals surface area contributed by atoms with E-state index >= 15 is 0 Å². The molecule has 0 atom stereocenters. The van der Waals surface area contributed by atoms with E-state index in [0.717, 1.165) is 37.2 Å². The number of hydrogen-bond donors (Lipinski definition) is 1. The number of carbonyl (C=O) groups excluding carboxylic acids is 2. The van der Waals surface area contributed by atoms with Crippen molar-refractivity contribution in [3.8, 4) is 11.5 Å². The lowest BCUT2D eigenvalue weighted by molar-refractivity contribution is -0.131. The van der Waals surface area contributed by atoms with Crippen LogP contribution < -0.4 is 20.4 Å². The van der Waals surface area contributed by atoms with Gasteiger partial charge in [-0.25, -0.2) is 4.79 Å². The Morgan fingerprint density at radius 3 is 2.50 bits per heavy atom. The number of anilines is 1. The number of ether oxygens (including phenoxy) is 2. The van der Waals surface area contributed by atoms with Gasteiger partial charge in [0, 0.05) is 30.0 Å². The molecule has 0 spiro atoms. The van der Waals surface area contributed by atoms with Gasteiger partial charge in [-0.1, -0.05) is 18.1 Å². The van der Waals surface area contributed by atoms with Crippen molar-refractivity contribution >= 4 is 28.5 Å². The number of nitrogens with zero attached hydrogens (tertiary/aromatic N) is 1. The van der Waals surface area contributed by atoms with Crippen molar-refractivity contribution in [1.82, 2.24) is 4.90 Å². The van der Waals surface area contributed by atoms with Crippen LogP contribution in [0.15, 0.2) is 57.3 Å². The van der Waals surface area contributed by atoms with Crippen LogP contribution in [0.4, 0.5) is 5.69 Å². The van der Waals surface area contributed by atoms with Crippen molar-refractivity contribution in [2.24, 2.45) is 0 Å². The van der Waals surface area contributed by atoms with Crippen molar-refractivity contribution < 1.29 is 23.5 Å². The number of carbonyl (C=O) groups is 2. The highest BCUT2D eigenvalue weighted by Crippen LogP contribution is 2.28. The van der Waals surface area contributed by atoms with Gasteiger partial charge in [0.15, 0.2) is 0 Å². The number of allylic oxidation sites excluding steroid dienone is 2. The first-order valence-electron chi connectivity index (χ1n) is 13.9. The molecule has 1 aromatic heterocycles. The number of piperidine rings is 1. The van der Waals surface area contributed by atoms with E-state index in [9.17, 15) is 14.4 Å². The number of amides is 1. The predicted octanol–water partition coefficient (Wildman–Crippen LogP) is 6.04. The van der Waals surface area contributed by atoms with E-state index in [0.29, 0.717) is 46.6 Å². The van der Waals surface area contributed by atoms with E-state index in [1.807, 2.05) is 39.0 Å². The molecule has 2 heterocycles. The minimum atomic E-state index is -0.646. The summed E-state index contributed by atoms with van der Waals surface area (Å²) in [6, 6.07) is 10.1. The Morgan fingerprint density at radius 1 is 1.02 bits per heavy atom. The molecule has 0 saturated carbocycles. The van der Waals surface area contributed by atoms with Crippen molar-refractivity contribution in [1.29, 1.82) is 0 Å². The quantitative estimate of drug-likeness (QED) is 0.109. The van der Waals surface area contributed by atoms with Crippen LogP contribution >= 0.6 is 0 Å². The summed E-state index contributed by atoms with van der Waals surface area (Å²) in [5.41, 5.74) is 2.70. The molecule has 0 unspecified atom stereocenters. The Labute approximate surface area is 235 Å². The number of hydrogen-bond acceptors (Lipinski definition) is 7. The zero-order chi connectivity index (χ0) is 28.6. The summed E-state index contributed by atoms with van der Waals surface area (Å²) >= 11 is 0. The Hall–Kier alpha value is -3.91. The zero-order valence-corrected chi connectivity index (χ0v) is 23.8. The average molecular weight is 547 g/mol. The number of esters is 1. The largest absolute Gasteiger partial charge is 0.493 e. The van der Waals surface area contributed by atoms with Gasteiger partial charge in [0.1, 0.15) is 22.8 Å². The van der Waals surface area contributed by atoms with Crippen LogP contribution in [0.1, 0.15) is 67.9 Å². The zero-order valence-electron chi connectivity index (χ0n) is 23.8. The van der Waals surface area contributed by atoms with Gasteiger partial charge in [0.05, 0.1) is 6.61 Å². The number of likely N-dealkylation sites (tertiary alicyclic amines) is 1. The fourth-order valence-corrected chi connectivity index (χ4v) is 4.85. The molecule has 3 aromatic rings. The minimum absolute atomic E-state index is 0.0435. The van der Waals surface area contributed by atoms with Gasteiger partial charge in [-0.05, 0) is 102 Å². The monoisotopic (exact) mass is 546 g/mol. The molecule has 2 aromatic carbocycles. The van der Waals surface area contributed by atoms with Gasteiger partial charge in [-0.15, -0.1) is 0 Å². The third kappa shape index (κ3) is 7.60. The molecule has 1 N–H and O–H groups in total.